The zero-order valence-electron chi connectivity index (χ0n) is 34.4. The van der Waals surface area contributed by atoms with E-state index in [-0.39, 0.29) is 36.8 Å². The number of carbonyl (C=O) groups is 4. The first kappa shape index (κ1) is 41.5. The van der Waals surface area contributed by atoms with Crippen LogP contribution in [0.4, 0.5) is 21.0 Å². The van der Waals surface area contributed by atoms with Crippen LogP contribution >= 0.6 is 0 Å². The average Bonchev–Trinajstić information content (AvgIpc) is 3.76. The Balaban J connectivity index is 1.08. The minimum absolute atomic E-state index is 0.0704. The van der Waals surface area contributed by atoms with Crippen LogP contribution in [-0.2, 0) is 19.1 Å². The van der Waals surface area contributed by atoms with Crippen LogP contribution in [0.2, 0.25) is 0 Å². The maximum Gasteiger partial charge on any atom is 0.407 e. The molecule has 2 aliphatic rings. The average molecular weight is 813 g/mol. The van der Waals surface area contributed by atoms with Crippen LogP contribution in [0, 0.1) is 6.92 Å². The zero-order valence-corrected chi connectivity index (χ0v) is 34.4. The van der Waals surface area contributed by atoms with Crippen molar-refractivity contribution in [3.05, 3.63) is 130 Å². The highest BCUT2D eigenvalue weighted by atomic mass is 16.6. The van der Waals surface area contributed by atoms with Crippen LogP contribution in [-0.4, -0.2) is 66.4 Å². The molecule has 6 N–H and O–H groups in total. The Morgan fingerprint density at radius 3 is 2.18 bits per heavy atom. The Morgan fingerprint density at radius 1 is 0.783 bits per heavy atom. The Kier molecular flexibility index (Phi) is 12.5. The highest BCUT2D eigenvalue weighted by Crippen LogP contribution is 2.44. The molecule has 4 amide bonds. The van der Waals surface area contributed by atoms with Crippen molar-refractivity contribution in [1.82, 2.24) is 20.9 Å². The van der Waals surface area contributed by atoms with Gasteiger partial charge in [-0.05, 0) is 105 Å². The summed E-state index contributed by atoms with van der Waals surface area (Å²) in [6.07, 6.45) is 0.142. The fraction of sp³-hybridized carbons (Fsp3) is 0.340. The van der Waals surface area contributed by atoms with Gasteiger partial charge in [0.15, 0.2) is 0 Å². The summed E-state index contributed by atoms with van der Waals surface area (Å²) in [4.78, 5) is 69.4. The molecule has 7 rings (SSSR count). The zero-order chi connectivity index (χ0) is 42.4. The summed E-state index contributed by atoms with van der Waals surface area (Å²) in [6.45, 7) is 8.12. The number of ether oxygens (including phenoxy) is 2. The summed E-state index contributed by atoms with van der Waals surface area (Å²) in [5, 5.41) is 15.7. The third kappa shape index (κ3) is 9.96. The number of amides is 4. The molecule has 0 saturated heterocycles. The molecule has 1 aromatic heterocycles. The number of aromatic nitrogens is 1. The number of hydrogen-bond acceptors (Lipinski definition) is 8. The minimum Gasteiger partial charge on any atom is -0.449 e. The molecule has 5 aromatic rings. The first-order valence-corrected chi connectivity index (χ1v) is 20.5. The maximum absolute atomic E-state index is 14.4. The van der Waals surface area contributed by atoms with Crippen LogP contribution in [0.3, 0.4) is 0 Å². The normalized spacial score (nSPS) is 15.1. The fourth-order valence-electron chi connectivity index (χ4n) is 8.13. The number of unbranched alkanes of at least 4 members (excludes halogenated alkanes) is 1. The van der Waals surface area contributed by atoms with Crippen LogP contribution in [0.25, 0.3) is 22.0 Å². The third-order valence-corrected chi connectivity index (χ3v) is 11.0. The first-order valence-electron chi connectivity index (χ1n) is 20.5. The summed E-state index contributed by atoms with van der Waals surface area (Å²) in [7, 11) is 0. The first-order chi connectivity index (χ1) is 28.8. The number of para-hydroxylation sites is 1. The van der Waals surface area contributed by atoms with Gasteiger partial charge in [-0.15, -0.1) is 0 Å². The number of hydrogen-bond donors (Lipinski definition) is 6. The molecule has 0 radical (unpaired) electrons. The molecule has 3 atom stereocenters. The van der Waals surface area contributed by atoms with Gasteiger partial charge in [0.1, 0.15) is 24.3 Å². The second kappa shape index (κ2) is 18.1. The fourth-order valence-corrected chi connectivity index (χ4v) is 8.13. The number of rotatable bonds is 14. The molecule has 2 heterocycles. The quantitative estimate of drug-likeness (QED) is 0.0626. The molecule has 0 spiro atoms. The van der Waals surface area contributed by atoms with Gasteiger partial charge in [0.25, 0.3) is 0 Å². The Morgan fingerprint density at radius 2 is 1.47 bits per heavy atom. The molecule has 0 fully saturated rings. The van der Waals surface area contributed by atoms with Crippen LogP contribution in [0.1, 0.15) is 80.5 Å². The van der Waals surface area contributed by atoms with Crippen LogP contribution in [0.15, 0.2) is 102 Å². The van der Waals surface area contributed by atoms with Gasteiger partial charge in [0, 0.05) is 47.8 Å². The van der Waals surface area contributed by atoms with E-state index in [1.165, 1.54) is 6.07 Å². The molecule has 312 valence electrons. The number of alkyl carbamates (subject to hydrolysis) is 2. The van der Waals surface area contributed by atoms with E-state index in [4.69, 9.17) is 9.47 Å². The number of benzene rings is 4. The lowest BCUT2D eigenvalue weighted by atomic mass is 9.93. The number of H-pyrrole nitrogens is 1. The molecule has 1 aliphatic carbocycles. The van der Waals surface area contributed by atoms with E-state index in [0.717, 1.165) is 44.5 Å². The Bertz CT molecular complexity index is 2410. The van der Waals surface area contributed by atoms with E-state index in [1.54, 1.807) is 32.9 Å². The topological polar surface area (TPSA) is 180 Å². The standard InChI is InChI=1S/C47H52N6O7/c1-28-23-42(54)51-40-25-30(20-21-31(28)40)50-43(55)39(19-11-12-22-48-45(57)60-47(2,3)4)52-44(56)41(24-29-26-49-38-18-10-9-13-32(29)38)53-46(58)59-27-37-35-16-7-5-14-33(35)34-15-6-8-17-36(34)37/h5-10,13-18,20-21,23,25,29,37,39,41,49H,11-12,19,22,24,26-27H2,1-4H3,(H,48,57)(H,50,55)(H,51,54)(H,52,56)(H,53,58). The second-order valence-electron chi connectivity index (χ2n) is 16.5. The van der Waals surface area contributed by atoms with Gasteiger partial charge in [-0.25, -0.2) is 9.59 Å². The number of fused-ring (bicyclic) bond motifs is 5. The van der Waals surface area contributed by atoms with Crippen molar-refractivity contribution in [3.8, 4) is 11.1 Å². The second-order valence-corrected chi connectivity index (χ2v) is 16.5. The molecular weight excluding hydrogens is 761 g/mol. The summed E-state index contributed by atoms with van der Waals surface area (Å²) in [5.41, 5.74) is 7.21. The monoisotopic (exact) mass is 812 g/mol. The molecule has 4 aromatic carbocycles. The van der Waals surface area contributed by atoms with Crippen molar-refractivity contribution in [3.63, 3.8) is 0 Å². The predicted octanol–water partition coefficient (Wildman–Crippen LogP) is 7.46. The molecule has 0 saturated carbocycles. The molecule has 1 aliphatic heterocycles. The van der Waals surface area contributed by atoms with Crippen molar-refractivity contribution in [2.75, 3.05) is 30.3 Å². The van der Waals surface area contributed by atoms with E-state index < -0.39 is 41.7 Å². The van der Waals surface area contributed by atoms with Crippen LogP contribution < -0.4 is 32.1 Å². The largest absolute Gasteiger partial charge is 0.449 e. The number of carbonyl (C=O) groups excluding carboxylic acids is 4. The summed E-state index contributed by atoms with van der Waals surface area (Å²) in [5.74, 6) is -1.31. The number of anilines is 2. The van der Waals surface area contributed by atoms with Gasteiger partial charge in [-0.1, -0.05) is 72.8 Å². The van der Waals surface area contributed by atoms with Crippen LogP contribution in [0.5, 0.6) is 0 Å². The molecule has 13 heteroatoms. The van der Waals surface area contributed by atoms with Gasteiger partial charge >= 0.3 is 12.2 Å². The summed E-state index contributed by atoms with van der Waals surface area (Å²) >= 11 is 0. The van der Waals surface area contributed by atoms with Gasteiger partial charge in [-0.2, -0.15) is 0 Å². The number of nitrogens with one attached hydrogen (secondary N) is 6. The van der Waals surface area contributed by atoms with E-state index in [1.807, 2.05) is 73.7 Å². The molecule has 0 bridgehead atoms. The van der Waals surface area contributed by atoms with E-state index in [0.29, 0.717) is 37.1 Å². The Labute approximate surface area is 349 Å². The van der Waals surface area contributed by atoms with Crippen molar-refractivity contribution < 1.29 is 28.7 Å². The van der Waals surface area contributed by atoms with E-state index in [2.05, 4.69) is 43.7 Å². The van der Waals surface area contributed by atoms with Gasteiger partial charge in [-0.3, -0.25) is 14.4 Å². The summed E-state index contributed by atoms with van der Waals surface area (Å²) in [6, 6.07) is 28.6. The molecule has 13 nitrogen and oxygen atoms in total. The SMILES string of the molecule is Cc1cc(=O)[nH]c2cc(NC(=O)C(CCCCNC(=O)OC(C)(C)C)NC(=O)C(CC3CNc4ccccc43)NC(=O)OCC3c4ccccc4-c4ccccc43)ccc12. The van der Waals surface area contributed by atoms with Crippen molar-refractivity contribution in [2.45, 2.75) is 82.9 Å². The highest BCUT2D eigenvalue weighted by molar-refractivity contribution is 5.99. The highest BCUT2D eigenvalue weighted by Gasteiger charge is 2.34. The third-order valence-electron chi connectivity index (χ3n) is 11.0. The number of aromatic amines is 1. The number of pyridine rings is 1. The van der Waals surface area contributed by atoms with E-state index in [9.17, 15) is 24.0 Å². The predicted molar refractivity (Wildman–Crippen MR) is 232 cm³/mol. The van der Waals surface area contributed by atoms with Crippen molar-refractivity contribution in [2.24, 2.45) is 0 Å². The Hall–Kier alpha value is -6.63. The van der Waals surface area contributed by atoms with Gasteiger partial charge in [0.05, 0.1) is 5.52 Å². The lowest BCUT2D eigenvalue weighted by molar-refractivity contribution is -0.128. The van der Waals surface area contributed by atoms with Crippen molar-refractivity contribution in [1.29, 1.82) is 0 Å². The molecule has 60 heavy (non-hydrogen) atoms. The lowest BCUT2D eigenvalue weighted by Crippen LogP contribution is -2.53. The molecule has 3 unspecified atom stereocenters. The van der Waals surface area contributed by atoms with Gasteiger partial charge < -0.3 is 41.0 Å². The van der Waals surface area contributed by atoms with Crippen molar-refractivity contribution >= 4 is 46.3 Å². The number of aryl methyl sites for hydroxylation is 1. The lowest BCUT2D eigenvalue weighted by Gasteiger charge is -2.25. The smallest absolute Gasteiger partial charge is 0.407 e. The van der Waals surface area contributed by atoms with Gasteiger partial charge in [0.2, 0.25) is 17.4 Å². The molecular formula is C47H52N6O7. The minimum atomic E-state index is -1.06. The maximum atomic E-state index is 14.4. The summed E-state index contributed by atoms with van der Waals surface area (Å²) < 4.78 is 11.2. The van der Waals surface area contributed by atoms with E-state index >= 15 is 0 Å².